The van der Waals surface area contributed by atoms with Crippen molar-refractivity contribution < 1.29 is 156 Å². The third-order valence-corrected chi connectivity index (χ3v) is 20.0. The zero-order valence-corrected chi connectivity index (χ0v) is 63.2. The highest BCUT2D eigenvalue weighted by molar-refractivity contribution is 6.06. The Morgan fingerprint density at radius 2 is 1.18 bits per heavy atom. The highest BCUT2D eigenvalue weighted by Gasteiger charge is 2.51. The number of carboxylic acids is 2. The van der Waals surface area contributed by atoms with Crippen LogP contribution in [0.3, 0.4) is 0 Å². The average Bonchev–Trinajstić information content (AvgIpc) is 1.60. The highest BCUT2D eigenvalue weighted by atomic mass is 16.7. The van der Waals surface area contributed by atoms with Crippen molar-refractivity contribution >= 4 is 53.2 Å². The second-order valence-electron chi connectivity index (χ2n) is 28.2. The molecule has 0 spiro atoms. The Morgan fingerprint density at radius 1 is 0.574 bits per heavy atom. The quantitative estimate of drug-likeness (QED) is 0.0119. The minimum atomic E-state index is -2.06. The first-order valence-corrected chi connectivity index (χ1v) is 36.7. The van der Waals surface area contributed by atoms with Gasteiger partial charge in [0, 0.05) is 58.5 Å². The molecule has 11 rings (SSSR count). The van der Waals surface area contributed by atoms with E-state index in [1.165, 1.54) is 104 Å². The number of amides is 4. The molecule has 620 valence electrons. The number of carbonyl (C=O) groups is 8. The number of rotatable bonds is 35. The van der Waals surface area contributed by atoms with Crippen molar-refractivity contribution in [3.8, 4) is 34.5 Å². The normalized spacial score (nSPS) is 24.3. The van der Waals surface area contributed by atoms with Gasteiger partial charge < -0.3 is 132 Å². The Kier molecular flexibility index (Phi) is 28.5. The van der Waals surface area contributed by atoms with E-state index in [9.17, 15) is 89.4 Å². The van der Waals surface area contributed by atoms with Crippen LogP contribution in [0.25, 0.3) is 0 Å². The first-order valence-electron chi connectivity index (χ1n) is 36.7. The molecule has 6 aliphatic rings. The summed E-state index contributed by atoms with van der Waals surface area (Å²) < 4.78 is 79.8. The highest BCUT2D eigenvalue weighted by Crippen LogP contribution is 2.45. The van der Waals surface area contributed by atoms with Gasteiger partial charge in [-0.1, -0.05) is 36.4 Å². The first kappa shape index (κ1) is 85.5. The SMILES string of the molecule is C=C1C[C@H]2C(O)C(C(=O)OCc3ccc(O[C@@H]4O[C@H](C(=O)O)[C@@H](O)[C@H](O)[C@H]4O)c(C(=O)NCCOCCOCCOC)c3)c3cc(OCc4cc(COc5cc6c(cc5OC)C(=O)N5CC(=C)C[C@H]5C(O)N6C(=O)OCc5ccc(O[C@@H]6OC[C@@H](O)[C@H](O)[C@H]6O)c(C(=O)CCCOC)c5)cc(OCC(=O)O)c4)c(C)cc3C(=O)N2C1. The summed E-state index contributed by atoms with van der Waals surface area (Å²) in [5.41, 5.74) is 2.14. The van der Waals surface area contributed by atoms with E-state index in [0.29, 0.717) is 47.5 Å². The Morgan fingerprint density at radius 3 is 1.85 bits per heavy atom. The summed E-state index contributed by atoms with van der Waals surface area (Å²) >= 11 is 0. The van der Waals surface area contributed by atoms with E-state index in [0.717, 1.165) is 4.90 Å². The lowest BCUT2D eigenvalue weighted by atomic mass is 9.86. The number of esters is 1. The molecule has 14 atom stereocenters. The van der Waals surface area contributed by atoms with Gasteiger partial charge in [0.05, 0.1) is 87.3 Å². The topological polar surface area (TPSA) is 490 Å². The number of ketones is 1. The molecule has 5 aromatic rings. The number of Topliss-reactive ketones (excluding diaryl/α,β-unsaturated/α-hetero) is 1. The number of ether oxygens (including phenoxy) is 14. The average molecular weight is 1610 g/mol. The first-order chi connectivity index (χ1) is 55.1. The van der Waals surface area contributed by atoms with Crippen LogP contribution in [-0.2, 0) is 78.7 Å². The number of hydrogen-bond acceptors (Lipinski definition) is 30. The summed E-state index contributed by atoms with van der Waals surface area (Å²) in [4.78, 5) is 114. The van der Waals surface area contributed by atoms with Crippen molar-refractivity contribution in [3.63, 3.8) is 0 Å². The molecule has 4 amide bonds. The Bertz CT molecular complexity index is 4440. The van der Waals surface area contributed by atoms with Crippen molar-refractivity contribution in [3.05, 3.63) is 159 Å². The van der Waals surface area contributed by atoms with E-state index in [1.54, 1.807) is 13.0 Å². The maximum atomic E-state index is 14.9. The Balaban J connectivity index is 0.839. The van der Waals surface area contributed by atoms with Gasteiger partial charge in [-0.3, -0.25) is 24.0 Å². The van der Waals surface area contributed by atoms with Crippen LogP contribution in [-0.4, -0.2) is 282 Å². The molecular weight excluding hydrogens is 1520 g/mol. The van der Waals surface area contributed by atoms with E-state index in [2.05, 4.69) is 18.5 Å². The third-order valence-electron chi connectivity index (χ3n) is 20.0. The lowest BCUT2D eigenvalue weighted by molar-refractivity contribution is -0.271. The minimum Gasteiger partial charge on any atom is -0.493 e. The lowest BCUT2D eigenvalue weighted by Crippen LogP contribution is -2.61. The van der Waals surface area contributed by atoms with Gasteiger partial charge in [0.15, 0.2) is 36.2 Å². The number of hydrogen-bond donors (Lipinski definition) is 11. The van der Waals surface area contributed by atoms with Crippen molar-refractivity contribution in [1.29, 1.82) is 0 Å². The smallest absolute Gasteiger partial charge is 0.416 e. The molecular formula is C79H92N4O32. The van der Waals surface area contributed by atoms with Crippen molar-refractivity contribution in [2.24, 2.45) is 0 Å². The number of aliphatic carboxylic acids is 2. The number of anilines is 1. The van der Waals surface area contributed by atoms with Gasteiger partial charge in [-0.15, -0.1) is 0 Å². The van der Waals surface area contributed by atoms with Gasteiger partial charge >= 0.3 is 24.0 Å². The van der Waals surface area contributed by atoms with Crippen LogP contribution in [0.5, 0.6) is 34.5 Å². The fourth-order valence-corrected chi connectivity index (χ4v) is 14.1. The summed E-state index contributed by atoms with van der Waals surface area (Å²) in [5.74, 6) is -8.30. The number of methoxy groups -OCH3 is 3. The van der Waals surface area contributed by atoms with Gasteiger partial charge in [0.2, 0.25) is 12.6 Å². The predicted molar refractivity (Wildman–Crippen MR) is 394 cm³/mol. The third kappa shape index (κ3) is 19.9. The molecule has 11 N–H and O–H groups in total. The molecule has 6 heterocycles. The monoisotopic (exact) mass is 1610 g/mol. The van der Waals surface area contributed by atoms with E-state index in [4.69, 9.17) is 66.3 Å². The van der Waals surface area contributed by atoms with E-state index >= 15 is 0 Å². The number of benzene rings is 5. The number of aryl methyl sites for hydroxylation is 1. The number of nitrogens with zero attached hydrogens (tertiary/aromatic N) is 3. The van der Waals surface area contributed by atoms with E-state index < -0.39 is 153 Å². The number of carbonyl (C=O) groups excluding carboxylic acids is 6. The largest absolute Gasteiger partial charge is 0.493 e. The number of fused-ring (bicyclic) bond motifs is 4. The van der Waals surface area contributed by atoms with Crippen LogP contribution >= 0.6 is 0 Å². The Labute approximate surface area is 658 Å². The van der Waals surface area contributed by atoms with E-state index in [-0.39, 0.29) is 164 Å². The summed E-state index contributed by atoms with van der Waals surface area (Å²) in [6.45, 7) is 8.20. The van der Waals surface area contributed by atoms with Crippen molar-refractivity contribution in [2.75, 3.05) is 98.7 Å². The van der Waals surface area contributed by atoms with Gasteiger partial charge in [-0.25, -0.2) is 19.3 Å². The predicted octanol–water partition coefficient (Wildman–Crippen LogP) is 1.95. The molecule has 0 bridgehead atoms. The van der Waals surface area contributed by atoms with Gasteiger partial charge in [0.1, 0.15) is 92.0 Å². The van der Waals surface area contributed by atoms with E-state index in [1.807, 2.05) is 0 Å². The number of aliphatic hydroxyl groups is 8. The summed E-state index contributed by atoms with van der Waals surface area (Å²) in [6, 6.07) is 16.2. The van der Waals surface area contributed by atoms with Gasteiger partial charge in [-0.2, -0.15) is 0 Å². The molecule has 4 fully saturated rings. The zero-order valence-electron chi connectivity index (χ0n) is 63.2. The van der Waals surface area contributed by atoms with Crippen LogP contribution in [0.2, 0.25) is 0 Å². The molecule has 36 nitrogen and oxygen atoms in total. The minimum absolute atomic E-state index is 0.00762. The molecule has 4 saturated heterocycles. The van der Waals surface area contributed by atoms with Crippen LogP contribution < -0.4 is 38.6 Å². The van der Waals surface area contributed by atoms with Crippen molar-refractivity contribution in [2.45, 2.75) is 145 Å². The van der Waals surface area contributed by atoms with Gasteiger partial charge in [-0.05, 0) is 120 Å². The van der Waals surface area contributed by atoms with Crippen molar-refractivity contribution in [1.82, 2.24) is 15.1 Å². The summed E-state index contributed by atoms with van der Waals surface area (Å²) in [6.07, 6.45) is -20.4. The standard InChI is InChI=1S/C79H92N4O32/c1-39-20-53-64(88)63(76(100)110-33-43-10-12-58(114-78-69(93)66(90)67(91)70(115-78)75(98)99)51(27-43)71(94)80-13-15-105-18-19-106-17-16-103-5)47-28-59(41(3)22-48(47)72(95)81(53)31-39)108-35-44-23-45(25-46(24-44)107-38-62(86)87)36-109-61-30-52-49(29-60(61)104-6)73(96)82-32-40(2)21-54(82)74(97)83(52)79(101)112-34-42-9-11-57(50(26-42)55(84)8-7-14-102-4)113-77-68(92)65(89)56(85)37-111-77/h9-12,22-30,53-54,56,63-70,74,77-78,85,88-93,97H,1-2,7-8,13-21,31-38H2,3-6H3,(H,80,94)(H,86,87)(H,98,99)/t53-,54-,56+,63?,64?,65-,66-,67-,68+,69+,70-,74?,77-,78+/m0/s1. The molecule has 0 radical (unpaired) electrons. The maximum Gasteiger partial charge on any atom is 0.416 e. The summed E-state index contributed by atoms with van der Waals surface area (Å²) in [5, 5.41) is 110. The van der Waals surface area contributed by atoms with Gasteiger partial charge in [0.25, 0.3) is 17.7 Å². The fraction of sp³-hybridized carbons (Fsp3) is 0.468. The zero-order chi connectivity index (χ0) is 82.6. The lowest BCUT2D eigenvalue weighted by Gasteiger charge is -2.38. The molecule has 5 aromatic carbocycles. The molecule has 0 aromatic heterocycles. The molecule has 115 heavy (non-hydrogen) atoms. The number of nitrogens with one attached hydrogen (secondary N) is 1. The summed E-state index contributed by atoms with van der Waals surface area (Å²) in [7, 11) is 4.30. The van der Waals surface area contributed by atoms with Crippen LogP contribution in [0.4, 0.5) is 10.5 Å². The molecule has 36 heteroatoms. The molecule has 0 saturated carbocycles. The van der Waals surface area contributed by atoms with Crippen LogP contribution in [0.1, 0.15) is 106 Å². The second-order valence-corrected chi connectivity index (χ2v) is 28.2. The molecule has 6 aliphatic heterocycles. The van der Waals surface area contributed by atoms with Crippen LogP contribution in [0, 0.1) is 6.92 Å². The maximum absolute atomic E-state index is 14.9. The van der Waals surface area contributed by atoms with Crippen LogP contribution in [0.15, 0.2) is 103 Å². The second kappa shape index (κ2) is 38.4. The fourth-order valence-electron chi connectivity index (χ4n) is 14.1. The molecule has 0 aliphatic carbocycles. The molecule has 3 unspecified atom stereocenters. The number of carboxylic acid groups (broad SMARTS) is 2. The Hall–Kier alpha value is -10.4. The number of aliphatic hydroxyl groups excluding tert-OH is 8.